The maximum Gasteiger partial charge on any atom is 0.280 e. The second-order valence-corrected chi connectivity index (χ2v) is 6.45. The van der Waals surface area contributed by atoms with Gasteiger partial charge in [-0.25, -0.2) is 4.98 Å². The number of methoxy groups -OCH3 is 2. The third-order valence-electron chi connectivity index (χ3n) is 3.95. The van der Waals surface area contributed by atoms with Crippen molar-refractivity contribution in [1.82, 2.24) is 4.98 Å². The summed E-state index contributed by atoms with van der Waals surface area (Å²) in [5.41, 5.74) is 1.94. The molecule has 3 rings (SSSR count). The van der Waals surface area contributed by atoms with Crippen LogP contribution in [0.5, 0.6) is 11.5 Å². The fraction of sp³-hybridized carbons (Fsp3) is 0.100. The summed E-state index contributed by atoms with van der Waals surface area (Å²) in [5, 5.41) is 23.4. The Labute approximate surface area is 165 Å². The number of hydrogen-bond acceptors (Lipinski definition) is 7. The maximum atomic E-state index is 11.5. The summed E-state index contributed by atoms with van der Waals surface area (Å²) < 4.78 is 10.3. The Bertz CT molecular complexity index is 1080. The van der Waals surface area contributed by atoms with Gasteiger partial charge in [-0.3, -0.25) is 10.1 Å². The molecule has 0 atom stereocenters. The third-order valence-corrected chi connectivity index (χ3v) is 4.83. The predicted octanol–water partition coefficient (Wildman–Crippen LogP) is 4.80. The van der Waals surface area contributed by atoms with Crippen LogP contribution in [0.2, 0.25) is 0 Å². The standard InChI is InChI=1S/C20H15N3O4S/c1-26-18-9-14(17(23(24)25)10-19(18)27-2)8-15(11-21)20-22-16(12-28-20)13-6-4-3-5-7-13/h3-10,12H,1-2H3/b15-8+. The van der Waals surface area contributed by atoms with Gasteiger partial charge in [-0.05, 0) is 12.1 Å². The van der Waals surface area contributed by atoms with Crippen molar-refractivity contribution in [3.8, 4) is 28.8 Å². The number of aromatic nitrogens is 1. The number of nitrogens with zero attached hydrogens (tertiary/aromatic N) is 3. The molecule has 0 unspecified atom stereocenters. The Morgan fingerprint density at radius 1 is 1.21 bits per heavy atom. The van der Waals surface area contributed by atoms with Gasteiger partial charge in [0.25, 0.3) is 5.69 Å². The predicted molar refractivity (Wildman–Crippen MR) is 107 cm³/mol. The van der Waals surface area contributed by atoms with Gasteiger partial charge in [-0.2, -0.15) is 5.26 Å². The molecular weight excluding hydrogens is 378 g/mol. The molecule has 140 valence electrons. The average Bonchev–Trinajstić information content (AvgIpc) is 3.22. The van der Waals surface area contributed by atoms with E-state index in [0.29, 0.717) is 10.8 Å². The van der Waals surface area contributed by atoms with Crippen molar-refractivity contribution in [1.29, 1.82) is 5.26 Å². The van der Waals surface area contributed by atoms with Crippen molar-refractivity contribution in [2.75, 3.05) is 14.2 Å². The highest BCUT2D eigenvalue weighted by molar-refractivity contribution is 7.11. The Morgan fingerprint density at radius 3 is 2.50 bits per heavy atom. The molecule has 0 spiro atoms. The highest BCUT2D eigenvalue weighted by Gasteiger charge is 2.20. The molecule has 0 aliphatic heterocycles. The molecular formula is C20H15N3O4S. The van der Waals surface area contributed by atoms with Crippen LogP contribution < -0.4 is 9.47 Å². The van der Waals surface area contributed by atoms with Crippen LogP contribution >= 0.6 is 11.3 Å². The molecule has 0 saturated heterocycles. The van der Waals surface area contributed by atoms with E-state index in [9.17, 15) is 15.4 Å². The van der Waals surface area contributed by atoms with Crippen molar-refractivity contribution < 1.29 is 14.4 Å². The minimum absolute atomic E-state index is 0.190. The summed E-state index contributed by atoms with van der Waals surface area (Å²) in [5.74, 6) is 0.575. The number of nitriles is 1. The zero-order valence-corrected chi connectivity index (χ0v) is 15.9. The number of nitro groups is 1. The van der Waals surface area contributed by atoms with Crippen LogP contribution in [0.3, 0.4) is 0 Å². The van der Waals surface area contributed by atoms with Gasteiger partial charge in [-0.15, -0.1) is 11.3 Å². The molecule has 0 aliphatic rings. The van der Waals surface area contributed by atoms with Gasteiger partial charge in [0.2, 0.25) is 0 Å². The number of benzene rings is 2. The van der Waals surface area contributed by atoms with Gasteiger partial charge in [0.15, 0.2) is 11.5 Å². The first-order chi connectivity index (χ1) is 13.6. The van der Waals surface area contributed by atoms with Crippen LogP contribution in [0.4, 0.5) is 5.69 Å². The zero-order chi connectivity index (χ0) is 20.1. The summed E-state index contributed by atoms with van der Waals surface area (Å²) in [6.45, 7) is 0. The van der Waals surface area contributed by atoms with Crippen LogP contribution in [0.1, 0.15) is 10.6 Å². The molecule has 0 radical (unpaired) electrons. The number of thiazole rings is 1. The largest absolute Gasteiger partial charge is 0.493 e. The molecule has 8 heteroatoms. The summed E-state index contributed by atoms with van der Waals surface area (Å²) in [6, 6.07) is 14.4. The van der Waals surface area contributed by atoms with E-state index in [1.54, 1.807) is 0 Å². The van der Waals surface area contributed by atoms with Gasteiger partial charge in [0, 0.05) is 10.9 Å². The maximum absolute atomic E-state index is 11.5. The van der Waals surface area contributed by atoms with Crippen LogP contribution in [0.25, 0.3) is 22.9 Å². The highest BCUT2D eigenvalue weighted by atomic mass is 32.1. The molecule has 0 fully saturated rings. The van der Waals surface area contributed by atoms with E-state index >= 15 is 0 Å². The topological polar surface area (TPSA) is 98.3 Å². The van der Waals surface area contributed by atoms with E-state index < -0.39 is 4.92 Å². The van der Waals surface area contributed by atoms with Gasteiger partial charge in [0.05, 0.1) is 42.0 Å². The fourth-order valence-corrected chi connectivity index (χ4v) is 3.39. The van der Waals surface area contributed by atoms with Crippen molar-refractivity contribution >= 4 is 28.7 Å². The molecule has 0 aliphatic carbocycles. The van der Waals surface area contributed by atoms with Crippen LogP contribution in [-0.2, 0) is 0 Å². The van der Waals surface area contributed by atoms with Crippen LogP contribution in [0.15, 0.2) is 47.8 Å². The molecule has 7 nitrogen and oxygen atoms in total. The summed E-state index contributed by atoms with van der Waals surface area (Å²) in [6.07, 6.45) is 1.44. The summed E-state index contributed by atoms with van der Waals surface area (Å²) in [4.78, 5) is 15.4. The molecule has 1 aromatic heterocycles. The van der Waals surface area contributed by atoms with Crippen molar-refractivity contribution in [3.63, 3.8) is 0 Å². The monoisotopic (exact) mass is 393 g/mol. The smallest absolute Gasteiger partial charge is 0.280 e. The number of hydrogen-bond donors (Lipinski definition) is 0. The average molecular weight is 393 g/mol. The Balaban J connectivity index is 2.07. The first-order valence-corrected chi connectivity index (χ1v) is 8.99. The van der Waals surface area contributed by atoms with Crippen molar-refractivity contribution in [2.24, 2.45) is 0 Å². The van der Waals surface area contributed by atoms with Crippen LogP contribution in [0, 0.1) is 21.4 Å². The van der Waals surface area contributed by atoms with E-state index in [1.807, 2.05) is 35.7 Å². The number of allylic oxidation sites excluding steroid dienone is 1. The lowest BCUT2D eigenvalue weighted by atomic mass is 10.1. The van der Waals surface area contributed by atoms with Crippen LogP contribution in [-0.4, -0.2) is 24.1 Å². The lowest BCUT2D eigenvalue weighted by Gasteiger charge is -2.09. The molecule has 1 heterocycles. The lowest BCUT2D eigenvalue weighted by molar-refractivity contribution is -0.385. The second kappa shape index (κ2) is 8.33. The van der Waals surface area contributed by atoms with E-state index in [4.69, 9.17) is 9.47 Å². The SMILES string of the molecule is COc1cc(/C=C(\C#N)c2nc(-c3ccccc3)cs2)c([N+](=O)[O-])cc1OC. The number of rotatable bonds is 6. The van der Waals surface area contributed by atoms with Gasteiger partial charge >= 0.3 is 0 Å². The quantitative estimate of drug-likeness (QED) is 0.339. The molecule has 0 saturated carbocycles. The third kappa shape index (κ3) is 3.84. The number of ether oxygens (including phenoxy) is 2. The minimum atomic E-state index is -0.528. The van der Waals surface area contributed by atoms with E-state index in [2.05, 4.69) is 11.1 Å². The van der Waals surface area contributed by atoms with Crippen molar-refractivity contribution in [2.45, 2.75) is 0 Å². The van der Waals surface area contributed by atoms with E-state index in [0.717, 1.165) is 11.3 Å². The lowest BCUT2D eigenvalue weighted by Crippen LogP contribution is -1.97. The van der Waals surface area contributed by atoms with Gasteiger partial charge in [0.1, 0.15) is 11.1 Å². The molecule has 0 bridgehead atoms. The summed E-state index contributed by atoms with van der Waals surface area (Å²) >= 11 is 1.30. The first-order valence-electron chi connectivity index (χ1n) is 8.11. The van der Waals surface area contributed by atoms with E-state index in [-0.39, 0.29) is 22.6 Å². The fourth-order valence-electron chi connectivity index (χ4n) is 2.59. The van der Waals surface area contributed by atoms with Crippen molar-refractivity contribution in [3.05, 3.63) is 68.5 Å². The highest BCUT2D eigenvalue weighted by Crippen LogP contribution is 2.36. The second-order valence-electron chi connectivity index (χ2n) is 5.60. The Kier molecular flexibility index (Phi) is 5.67. The van der Waals surface area contributed by atoms with E-state index in [1.165, 1.54) is 43.8 Å². The molecule has 0 N–H and O–H groups in total. The number of nitro benzene ring substituents is 1. The summed E-state index contributed by atoms with van der Waals surface area (Å²) in [7, 11) is 2.84. The molecule has 0 amide bonds. The van der Waals surface area contributed by atoms with Gasteiger partial charge in [-0.1, -0.05) is 30.3 Å². The minimum Gasteiger partial charge on any atom is -0.493 e. The van der Waals surface area contributed by atoms with Gasteiger partial charge < -0.3 is 9.47 Å². The first kappa shape index (κ1) is 19.1. The molecule has 3 aromatic rings. The zero-order valence-electron chi connectivity index (χ0n) is 15.1. The molecule has 2 aromatic carbocycles. The Morgan fingerprint density at radius 2 is 1.89 bits per heavy atom. The normalized spacial score (nSPS) is 11.0. The Hall–Kier alpha value is -3.70. The molecule has 28 heavy (non-hydrogen) atoms.